The molecule has 1 heterocycles. The lowest BCUT2D eigenvalue weighted by Gasteiger charge is -2.36. The standard InChI is InChI=1S/C16H22N2O2/c1-16(5-6-16)15(20)12-17-7-9-18(10-8-17)13-3-2-4-14(19)11-13/h2-4,11,19H,5-10,12H2,1H3. The Balaban J connectivity index is 1.53. The van der Waals surface area contributed by atoms with E-state index in [1.807, 2.05) is 12.1 Å². The first kappa shape index (κ1) is 13.4. The summed E-state index contributed by atoms with van der Waals surface area (Å²) in [7, 11) is 0. The Bertz CT molecular complexity index is 503. The van der Waals surface area contributed by atoms with Gasteiger partial charge >= 0.3 is 0 Å². The highest BCUT2D eigenvalue weighted by atomic mass is 16.3. The Morgan fingerprint density at radius 3 is 2.55 bits per heavy atom. The van der Waals surface area contributed by atoms with Crippen LogP contribution in [0.1, 0.15) is 19.8 Å². The highest BCUT2D eigenvalue weighted by Gasteiger charge is 2.44. The normalized spacial score (nSPS) is 21.8. The van der Waals surface area contributed by atoms with Crippen LogP contribution in [0.2, 0.25) is 0 Å². The van der Waals surface area contributed by atoms with Crippen molar-refractivity contribution in [3.63, 3.8) is 0 Å². The number of nitrogens with zero attached hydrogens (tertiary/aromatic N) is 2. The zero-order valence-electron chi connectivity index (χ0n) is 12.0. The van der Waals surface area contributed by atoms with Crippen LogP contribution in [0.4, 0.5) is 5.69 Å². The Morgan fingerprint density at radius 2 is 1.95 bits per heavy atom. The highest BCUT2D eigenvalue weighted by molar-refractivity contribution is 5.88. The maximum absolute atomic E-state index is 12.1. The van der Waals surface area contributed by atoms with Gasteiger partial charge in [0.2, 0.25) is 0 Å². The predicted molar refractivity (Wildman–Crippen MR) is 79.1 cm³/mol. The minimum atomic E-state index is -0.0116. The first-order valence-electron chi connectivity index (χ1n) is 7.36. The number of hydrogen-bond donors (Lipinski definition) is 1. The molecule has 2 fully saturated rings. The van der Waals surface area contributed by atoms with Gasteiger partial charge in [-0.25, -0.2) is 0 Å². The van der Waals surface area contributed by atoms with E-state index in [-0.39, 0.29) is 5.41 Å². The van der Waals surface area contributed by atoms with Crippen molar-refractivity contribution in [1.82, 2.24) is 4.90 Å². The largest absolute Gasteiger partial charge is 0.508 e. The molecule has 1 aliphatic heterocycles. The number of rotatable bonds is 4. The van der Waals surface area contributed by atoms with Gasteiger partial charge in [0.25, 0.3) is 0 Å². The van der Waals surface area contributed by atoms with Crippen LogP contribution in [-0.4, -0.2) is 48.5 Å². The lowest BCUT2D eigenvalue weighted by molar-refractivity contribution is -0.124. The summed E-state index contributed by atoms with van der Waals surface area (Å²) >= 11 is 0. The number of benzene rings is 1. The molecule has 20 heavy (non-hydrogen) atoms. The lowest BCUT2D eigenvalue weighted by Crippen LogP contribution is -2.48. The fraction of sp³-hybridized carbons (Fsp3) is 0.562. The molecule has 2 aliphatic rings. The van der Waals surface area contributed by atoms with Gasteiger partial charge in [0, 0.05) is 43.3 Å². The molecule has 0 atom stereocenters. The monoisotopic (exact) mass is 274 g/mol. The Labute approximate surface area is 120 Å². The topological polar surface area (TPSA) is 43.8 Å². The minimum Gasteiger partial charge on any atom is -0.508 e. The molecule has 1 N–H and O–H groups in total. The van der Waals surface area contributed by atoms with E-state index in [0.717, 1.165) is 44.7 Å². The number of carbonyl (C=O) groups excluding carboxylic acids is 1. The maximum atomic E-state index is 12.1. The van der Waals surface area contributed by atoms with Crippen LogP contribution in [0.3, 0.4) is 0 Å². The Kier molecular flexibility index (Phi) is 3.42. The van der Waals surface area contributed by atoms with Gasteiger partial charge in [-0.05, 0) is 25.0 Å². The maximum Gasteiger partial charge on any atom is 0.152 e. The van der Waals surface area contributed by atoms with Crippen LogP contribution in [-0.2, 0) is 4.79 Å². The van der Waals surface area contributed by atoms with Crippen LogP contribution in [0.15, 0.2) is 24.3 Å². The van der Waals surface area contributed by atoms with Crippen molar-refractivity contribution in [1.29, 1.82) is 0 Å². The summed E-state index contributed by atoms with van der Waals surface area (Å²) in [5.74, 6) is 0.713. The quantitative estimate of drug-likeness (QED) is 0.910. The highest BCUT2D eigenvalue weighted by Crippen LogP contribution is 2.45. The second kappa shape index (κ2) is 5.09. The SMILES string of the molecule is CC1(C(=O)CN2CCN(c3cccc(O)c3)CC2)CC1. The molecule has 3 rings (SSSR count). The molecule has 0 radical (unpaired) electrons. The van der Waals surface area contributed by atoms with E-state index < -0.39 is 0 Å². The van der Waals surface area contributed by atoms with Gasteiger partial charge in [-0.1, -0.05) is 13.0 Å². The molecule has 4 heteroatoms. The van der Waals surface area contributed by atoms with Crippen molar-refractivity contribution < 1.29 is 9.90 Å². The molecule has 0 unspecified atom stereocenters. The number of anilines is 1. The molecule has 108 valence electrons. The third kappa shape index (κ3) is 2.80. The number of aromatic hydroxyl groups is 1. The molecule has 1 aliphatic carbocycles. The molecule has 0 aromatic heterocycles. The van der Waals surface area contributed by atoms with E-state index >= 15 is 0 Å². The molecule has 1 aromatic rings. The van der Waals surface area contributed by atoms with Gasteiger partial charge in [-0.2, -0.15) is 0 Å². The van der Waals surface area contributed by atoms with Crippen molar-refractivity contribution in [2.45, 2.75) is 19.8 Å². The van der Waals surface area contributed by atoms with Crippen molar-refractivity contribution >= 4 is 11.5 Å². The minimum absolute atomic E-state index is 0.0116. The predicted octanol–water partition coefficient (Wildman–Crippen LogP) is 1.88. The van der Waals surface area contributed by atoms with E-state index in [1.165, 1.54) is 0 Å². The van der Waals surface area contributed by atoms with Crippen LogP contribution in [0, 0.1) is 5.41 Å². The molecule has 4 nitrogen and oxygen atoms in total. The van der Waals surface area contributed by atoms with Gasteiger partial charge in [0.1, 0.15) is 5.75 Å². The van der Waals surface area contributed by atoms with Crippen molar-refractivity contribution in [2.24, 2.45) is 5.41 Å². The average Bonchev–Trinajstić information content (AvgIpc) is 3.19. The fourth-order valence-corrected chi connectivity index (χ4v) is 2.71. The zero-order chi connectivity index (χ0) is 14.2. The van der Waals surface area contributed by atoms with E-state index in [2.05, 4.69) is 16.7 Å². The average molecular weight is 274 g/mol. The molecule has 1 aromatic carbocycles. The number of ketones is 1. The second-order valence-electron chi connectivity index (χ2n) is 6.27. The third-order valence-electron chi connectivity index (χ3n) is 4.61. The number of Topliss-reactive ketones (excluding diaryl/α,β-unsaturated/α-hetero) is 1. The van der Waals surface area contributed by atoms with Crippen LogP contribution in [0.25, 0.3) is 0 Å². The first-order valence-corrected chi connectivity index (χ1v) is 7.36. The van der Waals surface area contributed by atoms with Crippen molar-refractivity contribution in [3.05, 3.63) is 24.3 Å². The van der Waals surface area contributed by atoms with Crippen molar-refractivity contribution in [2.75, 3.05) is 37.6 Å². The fourth-order valence-electron chi connectivity index (χ4n) is 2.71. The Morgan fingerprint density at radius 1 is 1.25 bits per heavy atom. The molecule has 1 saturated heterocycles. The van der Waals surface area contributed by atoms with Crippen LogP contribution in [0.5, 0.6) is 5.75 Å². The van der Waals surface area contributed by atoms with Crippen molar-refractivity contribution in [3.8, 4) is 5.75 Å². The van der Waals surface area contributed by atoms with Gasteiger partial charge in [0.15, 0.2) is 5.78 Å². The lowest BCUT2D eigenvalue weighted by atomic mass is 10.0. The molecule has 0 amide bonds. The zero-order valence-corrected chi connectivity index (χ0v) is 12.0. The summed E-state index contributed by atoms with van der Waals surface area (Å²) in [5, 5.41) is 9.53. The smallest absolute Gasteiger partial charge is 0.152 e. The number of hydrogen-bond acceptors (Lipinski definition) is 4. The van der Waals surface area contributed by atoms with Crippen LogP contribution >= 0.6 is 0 Å². The van der Waals surface area contributed by atoms with Gasteiger partial charge in [-0.3, -0.25) is 9.69 Å². The summed E-state index contributed by atoms with van der Waals surface area (Å²) in [4.78, 5) is 16.6. The molecule has 0 spiro atoms. The van der Waals surface area contributed by atoms with E-state index in [1.54, 1.807) is 12.1 Å². The summed E-state index contributed by atoms with van der Waals surface area (Å²) < 4.78 is 0. The first-order chi connectivity index (χ1) is 9.57. The molecular formula is C16H22N2O2. The van der Waals surface area contributed by atoms with Gasteiger partial charge in [0.05, 0.1) is 6.54 Å². The molecular weight excluding hydrogens is 252 g/mol. The van der Waals surface area contributed by atoms with Gasteiger partial charge < -0.3 is 10.0 Å². The third-order valence-corrected chi connectivity index (χ3v) is 4.61. The summed E-state index contributed by atoms with van der Waals surface area (Å²) in [6, 6.07) is 7.38. The number of carbonyl (C=O) groups is 1. The summed E-state index contributed by atoms with van der Waals surface area (Å²) in [6.07, 6.45) is 2.13. The van der Waals surface area contributed by atoms with E-state index in [4.69, 9.17) is 0 Å². The second-order valence-corrected chi connectivity index (χ2v) is 6.27. The van der Waals surface area contributed by atoms with E-state index in [9.17, 15) is 9.90 Å². The van der Waals surface area contributed by atoms with E-state index in [0.29, 0.717) is 18.1 Å². The summed E-state index contributed by atoms with van der Waals surface area (Å²) in [6.45, 7) is 6.33. The molecule has 0 bridgehead atoms. The van der Waals surface area contributed by atoms with Gasteiger partial charge in [-0.15, -0.1) is 0 Å². The Hall–Kier alpha value is -1.55. The number of piperazine rings is 1. The molecule has 1 saturated carbocycles. The number of phenolic OH excluding ortho intramolecular Hbond substituents is 1. The number of phenols is 1. The van der Waals surface area contributed by atoms with Crippen LogP contribution < -0.4 is 4.90 Å². The summed E-state index contributed by atoms with van der Waals surface area (Å²) in [5.41, 5.74) is 1.05.